The van der Waals surface area contributed by atoms with Gasteiger partial charge in [-0.1, -0.05) is 18.2 Å². The van der Waals surface area contributed by atoms with E-state index in [0.717, 1.165) is 0 Å². The molecule has 0 N–H and O–H groups in total. The number of nitrogens with zero attached hydrogens (tertiary/aromatic N) is 3. The van der Waals surface area contributed by atoms with Gasteiger partial charge in [0.1, 0.15) is 23.3 Å². The Hall–Kier alpha value is -4.64. The molecule has 2 aromatic carbocycles. The van der Waals surface area contributed by atoms with Crippen molar-refractivity contribution in [1.29, 1.82) is 5.26 Å². The van der Waals surface area contributed by atoms with Crippen LogP contribution in [-0.2, 0) is 0 Å². The van der Waals surface area contributed by atoms with E-state index in [4.69, 9.17) is 9.15 Å². The highest BCUT2D eigenvalue weighted by Gasteiger charge is 2.16. The van der Waals surface area contributed by atoms with E-state index in [1.54, 1.807) is 36.4 Å². The number of nitriles is 1. The zero-order valence-corrected chi connectivity index (χ0v) is 16.3. The normalized spacial score (nSPS) is 11.0. The van der Waals surface area contributed by atoms with Crippen LogP contribution >= 0.6 is 0 Å². The van der Waals surface area contributed by atoms with Crippen LogP contribution in [0, 0.1) is 21.4 Å². The fraction of sp³-hybridized carbons (Fsp3) is 0.0435. The van der Waals surface area contributed by atoms with Gasteiger partial charge in [0.2, 0.25) is 0 Å². The van der Waals surface area contributed by atoms with Crippen molar-refractivity contribution in [2.75, 3.05) is 7.11 Å². The Morgan fingerprint density at radius 3 is 2.77 bits per heavy atom. The second kappa shape index (κ2) is 8.00. The Morgan fingerprint density at radius 2 is 2.03 bits per heavy atom. The van der Waals surface area contributed by atoms with Crippen molar-refractivity contribution in [3.05, 3.63) is 88.3 Å². The van der Waals surface area contributed by atoms with Gasteiger partial charge in [-0.05, 0) is 30.3 Å². The molecule has 0 bridgehead atoms. The van der Waals surface area contributed by atoms with Gasteiger partial charge in [0.15, 0.2) is 0 Å². The predicted octanol–water partition coefficient (Wildman–Crippen LogP) is 5.04. The van der Waals surface area contributed by atoms with Crippen LogP contribution in [0.5, 0.6) is 5.75 Å². The van der Waals surface area contributed by atoms with Crippen LogP contribution in [-0.4, -0.2) is 22.5 Å². The molecule has 2 heterocycles. The summed E-state index contributed by atoms with van der Waals surface area (Å²) in [6, 6.07) is 16.7. The van der Waals surface area contributed by atoms with E-state index in [2.05, 4.69) is 6.07 Å². The van der Waals surface area contributed by atoms with E-state index in [-0.39, 0.29) is 11.6 Å². The summed E-state index contributed by atoms with van der Waals surface area (Å²) in [4.78, 5) is 23.3. The van der Waals surface area contributed by atoms with Gasteiger partial charge in [0.25, 0.3) is 11.6 Å². The average Bonchev–Trinajstić information content (AvgIpc) is 3.41. The minimum Gasteiger partial charge on any atom is -0.496 e. The molecule has 0 spiro atoms. The molecule has 0 aliphatic heterocycles. The SMILES string of the molecule is COc1ccc([N+](=O)[O-])cc1-c1ccc(/C=C/C(=O)n2cc(C#N)c3ccccc32)o1. The molecule has 0 saturated carbocycles. The third-order valence-corrected chi connectivity index (χ3v) is 4.75. The van der Waals surface area contributed by atoms with Crippen LogP contribution in [0.4, 0.5) is 5.69 Å². The van der Waals surface area contributed by atoms with Crippen LogP contribution in [0.15, 0.2) is 71.3 Å². The van der Waals surface area contributed by atoms with Crippen molar-refractivity contribution < 1.29 is 18.9 Å². The van der Waals surface area contributed by atoms with E-state index in [1.807, 2.05) is 0 Å². The monoisotopic (exact) mass is 413 g/mol. The molecule has 8 nitrogen and oxygen atoms in total. The summed E-state index contributed by atoms with van der Waals surface area (Å²) in [5.74, 6) is 0.831. The van der Waals surface area contributed by atoms with Crippen molar-refractivity contribution in [2.24, 2.45) is 0 Å². The summed E-state index contributed by atoms with van der Waals surface area (Å²) in [6.45, 7) is 0. The van der Waals surface area contributed by atoms with E-state index < -0.39 is 4.92 Å². The number of furan rings is 1. The molecule has 0 aliphatic rings. The highest BCUT2D eigenvalue weighted by atomic mass is 16.6. The van der Waals surface area contributed by atoms with Crippen LogP contribution in [0.3, 0.4) is 0 Å². The average molecular weight is 413 g/mol. The minimum atomic E-state index is -0.498. The molecule has 0 fully saturated rings. The van der Waals surface area contributed by atoms with E-state index in [9.17, 15) is 20.2 Å². The molecule has 0 amide bonds. The number of fused-ring (bicyclic) bond motifs is 1. The smallest absolute Gasteiger partial charge is 0.270 e. The maximum atomic E-state index is 12.7. The van der Waals surface area contributed by atoms with Gasteiger partial charge in [0.05, 0.1) is 28.7 Å². The number of rotatable bonds is 5. The number of nitro benzene ring substituents is 1. The van der Waals surface area contributed by atoms with E-state index in [0.29, 0.717) is 39.3 Å². The quantitative estimate of drug-likeness (QED) is 0.257. The van der Waals surface area contributed by atoms with Crippen LogP contribution in [0.2, 0.25) is 0 Å². The largest absolute Gasteiger partial charge is 0.496 e. The molecule has 8 heteroatoms. The number of non-ortho nitro benzene ring substituents is 1. The number of nitro groups is 1. The standard InChI is InChI=1S/C23H15N3O5/c1-30-21-9-6-16(26(28)29)12-19(21)22-10-7-17(31-22)8-11-23(27)25-14-15(13-24)18-4-2-3-5-20(18)25/h2-12,14H,1H3/b11-8+. The summed E-state index contributed by atoms with van der Waals surface area (Å²) in [5.41, 5.74) is 1.38. The third kappa shape index (κ3) is 3.68. The number of carbonyl (C=O) groups is 1. The van der Waals surface area contributed by atoms with Crippen LogP contribution in [0.1, 0.15) is 16.1 Å². The summed E-state index contributed by atoms with van der Waals surface area (Å²) >= 11 is 0. The first-order valence-electron chi connectivity index (χ1n) is 9.17. The Balaban J connectivity index is 1.63. The van der Waals surface area contributed by atoms with Gasteiger partial charge in [-0.3, -0.25) is 19.5 Å². The van der Waals surface area contributed by atoms with Crippen molar-refractivity contribution in [2.45, 2.75) is 0 Å². The second-order valence-corrected chi connectivity index (χ2v) is 6.56. The summed E-state index contributed by atoms with van der Waals surface area (Å²) < 4.78 is 12.4. The van der Waals surface area contributed by atoms with Crippen LogP contribution in [0.25, 0.3) is 28.3 Å². The second-order valence-electron chi connectivity index (χ2n) is 6.56. The molecular weight excluding hydrogens is 398 g/mol. The fourth-order valence-electron chi connectivity index (χ4n) is 3.27. The number of benzene rings is 2. The van der Waals surface area contributed by atoms with Crippen molar-refractivity contribution in [3.8, 4) is 23.1 Å². The zero-order chi connectivity index (χ0) is 22.0. The maximum Gasteiger partial charge on any atom is 0.270 e. The number of hydrogen-bond acceptors (Lipinski definition) is 6. The van der Waals surface area contributed by atoms with Gasteiger partial charge in [0, 0.05) is 29.8 Å². The molecule has 0 atom stereocenters. The summed E-state index contributed by atoms with van der Waals surface area (Å²) in [5, 5.41) is 21.1. The fourth-order valence-corrected chi connectivity index (χ4v) is 3.27. The lowest BCUT2D eigenvalue weighted by atomic mass is 10.1. The molecule has 0 radical (unpaired) electrons. The van der Waals surface area contributed by atoms with Gasteiger partial charge in [-0.2, -0.15) is 5.26 Å². The Labute approximate surface area is 176 Å². The summed E-state index contributed by atoms with van der Waals surface area (Å²) in [6.07, 6.45) is 4.33. The van der Waals surface area contributed by atoms with Gasteiger partial charge >= 0.3 is 0 Å². The first-order valence-corrected chi connectivity index (χ1v) is 9.17. The third-order valence-electron chi connectivity index (χ3n) is 4.75. The Morgan fingerprint density at radius 1 is 1.23 bits per heavy atom. The molecule has 4 aromatic rings. The number of para-hydroxylation sites is 1. The molecule has 4 rings (SSSR count). The summed E-state index contributed by atoms with van der Waals surface area (Å²) in [7, 11) is 1.46. The maximum absolute atomic E-state index is 12.7. The molecule has 31 heavy (non-hydrogen) atoms. The lowest BCUT2D eigenvalue weighted by molar-refractivity contribution is -0.384. The lowest BCUT2D eigenvalue weighted by Crippen LogP contribution is -2.04. The van der Waals surface area contributed by atoms with Gasteiger partial charge in [-0.15, -0.1) is 0 Å². The molecule has 2 aromatic heterocycles. The Bertz CT molecular complexity index is 1390. The highest BCUT2D eigenvalue weighted by molar-refractivity contribution is 6.01. The molecule has 0 aliphatic carbocycles. The predicted molar refractivity (Wildman–Crippen MR) is 114 cm³/mol. The topological polar surface area (TPSA) is 111 Å². The molecule has 0 saturated heterocycles. The molecular formula is C23H15N3O5. The molecule has 152 valence electrons. The first kappa shape index (κ1) is 19.7. The number of carbonyl (C=O) groups excluding carboxylic acids is 1. The van der Waals surface area contributed by atoms with E-state index >= 15 is 0 Å². The van der Waals surface area contributed by atoms with Gasteiger partial charge < -0.3 is 9.15 Å². The Kier molecular flexibility index (Phi) is 5.08. The molecule has 0 unspecified atom stereocenters. The van der Waals surface area contributed by atoms with E-state index in [1.165, 1.54) is 48.2 Å². The van der Waals surface area contributed by atoms with Crippen molar-refractivity contribution in [3.63, 3.8) is 0 Å². The number of hydrogen-bond donors (Lipinski definition) is 0. The first-order chi connectivity index (χ1) is 15.0. The minimum absolute atomic E-state index is 0.0905. The lowest BCUT2D eigenvalue weighted by Gasteiger charge is -2.05. The van der Waals surface area contributed by atoms with Crippen LogP contribution < -0.4 is 4.74 Å². The number of ether oxygens (including phenoxy) is 1. The van der Waals surface area contributed by atoms with Crippen molar-refractivity contribution in [1.82, 2.24) is 4.57 Å². The zero-order valence-electron chi connectivity index (χ0n) is 16.3. The number of allylic oxidation sites excluding steroid dienone is 1. The van der Waals surface area contributed by atoms with Crippen molar-refractivity contribution >= 4 is 28.6 Å². The number of aromatic nitrogens is 1. The highest BCUT2D eigenvalue weighted by Crippen LogP contribution is 2.34. The number of methoxy groups -OCH3 is 1. The van der Waals surface area contributed by atoms with Gasteiger partial charge in [-0.25, -0.2) is 0 Å².